The number of aryl methyl sites for hydroxylation is 2. The molecule has 1 unspecified atom stereocenters. The van der Waals surface area contributed by atoms with E-state index in [1.54, 1.807) is 19.2 Å². The number of piperidine rings is 1. The van der Waals surface area contributed by atoms with Crippen molar-refractivity contribution < 1.29 is 14.3 Å². The highest BCUT2D eigenvalue weighted by Gasteiger charge is 2.43. The van der Waals surface area contributed by atoms with Gasteiger partial charge in [0, 0.05) is 23.2 Å². The Balaban J connectivity index is 1.99. The van der Waals surface area contributed by atoms with Crippen molar-refractivity contribution in [3.05, 3.63) is 64.2 Å². The number of amides is 1. The van der Waals surface area contributed by atoms with Gasteiger partial charge in [-0.3, -0.25) is 9.59 Å². The van der Waals surface area contributed by atoms with Crippen LogP contribution in [-0.2, 0) is 0 Å². The van der Waals surface area contributed by atoms with Crippen LogP contribution in [0.3, 0.4) is 0 Å². The predicted molar refractivity (Wildman–Crippen MR) is 115 cm³/mol. The molecule has 2 aromatic carbocycles. The first-order chi connectivity index (χ1) is 13.8. The minimum absolute atomic E-state index is 0.0234. The molecule has 1 aliphatic heterocycles. The van der Waals surface area contributed by atoms with Gasteiger partial charge in [0.05, 0.1) is 7.11 Å². The van der Waals surface area contributed by atoms with Crippen molar-refractivity contribution in [2.45, 2.75) is 39.2 Å². The highest BCUT2D eigenvalue weighted by Crippen LogP contribution is 2.28. The van der Waals surface area contributed by atoms with Crippen LogP contribution in [0.15, 0.2) is 36.4 Å². The molecular formula is C24H30N2O3. The lowest BCUT2D eigenvalue weighted by molar-refractivity contribution is 0.0641. The van der Waals surface area contributed by atoms with E-state index in [9.17, 15) is 9.59 Å². The van der Waals surface area contributed by atoms with Crippen LogP contribution in [-0.4, -0.2) is 49.4 Å². The zero-order valence-electron chi connectivity index (χ0n) is 18.0. The topological polar surface area (TPSA) is 58.6 Å². The highest BCUT2D eigenvalue weighted by molar-refractivity contribution is 6.08. The maximum atomic E-state index is 13.7. The minimum Gasteiger partial charge on any atom is -0.496 e. The van der Waals surface area contributed by atoms with Crippen molar-refractivity contribution in [3.8, 4) is 5.75 Å². The number of methoxy groups -OCH3 is 1. The van der Waals surface area contributed by atoms with E-state index in [-0.39, 0.29) is 11.7 Å². The first-order valence-electron chi connectivity index (χ1n) is 10.0. The lowest BCUT2D eigenvalue weighted by atomic mass is 9.81. The summed E-state index contributed by atoms with van der Waals surface area (Å²) in [6, 6.07) is 11.3. The van der Waals surface area contributed by atoms with Crippen LogP contribution >= 0.6 is 0 Å². The maximum Gasteiger partial charge on any atom is 0.252 e. The third-order valence-electron chi connectivity index (χ3n) is 5.70. The molecule has 3 rings (SSSR count). The number of nitrogens with zero attached hydrogens (tertiary/aromatic N) is 1. The number of benzene rings is 2. The number of Topliss-reactive ketones (excluding diaryl/α,β-unsaturated/α-hetero) is 1. The quantitative estimate of drug-likeness (QED) is 0.786. The average Bonchev–Trinajstić information content (AvgIpc) is 2.66. The van der Waals surface area contributed by atoms with Crippen molar-refractivity contribution in [1.82, 2.24) is 10.2 Å². The molecule has 1 fully saturated rings. The van der Waals surface area contributed by atoms with Crippen molar-refractivity contribution in [1.29, 1.82) is 0 Å². The number of ether oxygens (including phenoxy) is 1. The van der Waals surface area contributed by atoms with Gasteiger partial charge in [0.15, 0.2) is 5.78 Å². The van der Waals surface area contributed by atoms with E-state index in [4.69, 9.17) is 4.74 Å². The summed E-state index contributed by atoms with van der Waals surface area (Å²) in [5.41, 5.74) is 3.10. The number of hydrogen-bond acceptors (Lipinski definition) is 4. The third kappa shape index (κ3) is 4.35. The second-order valence-corrected chi connectivity index (χ2v) is 8.22. The molecule has 1 amide bonds. The molecule has 0 spiro atoms. The predicted octanol–water partition coefficient (Wildman–Crippen LogP) is 3.70. The number of carbonyl (C=O) groups excluding carboxylic acids is 2. The second-order valence-electron chi connectivity index (χ2n) is 8.22. The van der Waals surface area contributed by atoms with Crippen LogP contribution in [0.5, 0.6) is 5.75 Å². The monoisotopic (exact) mass is 394 g/mol. The van der Waals surface area contributed by atoms with Crippen molar-refractivity contribution in [3.63, 3.8) is 0 Å². The van der Waals surface area contributed by atoms with Crippen LogP contribution in [0.25, 0.3) is 0 Å². The van der Waals surface area contributed by atoms with Crippen LogP contribution in [0.4, 0.5) is 0 Å². The van der Waals surface area contributed by atoms with Gasteiger partial charge in [-0.1, -0.05) is 23.3 Å². The van der Waals surface area contributed by atoms with Crippen molar-refractivity contribution in [2.75, 3.05) is 27.2 Å². The van der Waals surface area contributed by atoms with Crippen LogP contribution in [0.1, 0.15) is 50.2 Å². The summed E-state index contributed by atoms with van der Waals surface area (Å²) in [6.45, 7) is 7.24. The summed E-state index contributed by atoms with van der Waals surface area (Å²) in [5, 5.41) is 3.12. The molecular weight excluding hydrogens is 364 g/mol. The minimum atomic E-state index is -0.945. The molecule has 154 valence electrons. The fourth-order valence-corrected chi connectivity index (χ4v) is 4.36. The first-order valence-corrected chi connectivity index (χ1v) is 10.0. The molecule has 29 heavy (non-hydrogen) atoms. The second kappa shape index (κ2) is 8.37. The Bertz CT molecular complexity index is 917. The molecule has 1 atom stereocenters. The molecule has 1 N–H and O–H groups in total. The molecule has 0 saturated carbocycles. The van der Waals surface area contributed by atoms with Gasteiger partial charge >= 0.3 is 0 Å². The van der Waals surface area contributed by atoms with Crippen LogP contribution in [0.2, 0.25) is 0 Å². The number of carbonyl (C=O) groups is 2. The van der Waals surface area contributed by atoms with Gasteiger partial charge < -0.3 is 15.0 Å². The SMILES string of the molecule is COc1cccc(C(=O)NC2(C(=O)c3cc(C)cc(C)c3)CCCN(C)C2)c1C. The van der Waals surface area contributed by atoms with Gasteiger partial charge in [-0.05, 0) is 71.5 Å². The molecule has 1 heterocycles. The summed E-state index contributed by atoms with van der Waals surface area (Å²) in [5.74, 6) is 0.396. The molecule has 0 radical (unpaired) electrons. The summed E-state index contributed by atoms with van der Waals surface area (Å²) in [7, 11) is 3.58. The largest absolute Gasteiger partial charge is 0.496 e. The lowest BCUT2D eigenvalue weighted by Gasteiger charge is -2.41. The maximum absolute atomic E-state index is 13.7. The molecule has 0 aromatic heterocycles. The first kappa shape index (κ1) is 21.1. The summed E-state index contributed by atoms with van der Waals surface area (Å²) in [6.07, 6.45) is 1.47. The Morgan fingerprint density at radius 2 is 1.79 bits per heavy atom. The lowest BCUT2D eigenvalue weighted by Crippen LogP contribution is -2.62. The molecule has 0 aliphatic carbocycles. The number of nitrogens with one attached hydrogen (secondary N) is 1. The zero-order valence-corrected chi connectivity index (χ0v) is 18.0. The van der Waals surface area contributed by atoms with E-state index in [1.165, 1.54) is 0 Å². The Hall–Kier alpha value is -2.66. The Morgan fingerprint density at radius 3 is 2.41 bits per heavy atom. The molecule has 1 aliphatic rings. The Morgan fingerprint density at radius 1 is 1.10 bits per heavy atom. The standard InChI is InChI=1S/C24H30N2O3/c1-16-12-17(2)14-19(13-16)22(27)24(10-7-11-26(4)15-24)25-23(28)20-8-6-9-21(29-5)18(20)3/h6,8-9,12-14H,7,10-11,15H2,1-5H3,(H,25,28). The van der Waals surface area contributed by atoms with Gasteiger partial charge in [-0.2, -0.15) is 0 Å². The number of likely N-dealkylation sites (tertiary alicyclic amines) is 1. The number of ketones is 1. The van der Waals surface area contributed by atoms with Crippen LogP contribution < -0.4 is 10.1 Å². The van der Waals surface area contributed by atoms with E-state index in [0.29, 0.717) is 29.8 Å². The van der Waals surface area contributed by atoms with E-state index in [2.05, 4.69) is 16.3 Å². The van der Waals surface area contributed by atoms with E-state index in [1.807, 2.05) is 46.0 Å². The zero-order chi connectivity index (χ0) is 21.2. The van der Waals surface area contributed by atoms with Gasteiger partial charge in [-0.25, -0.2) is 0 Å². The van der Waals surface area contributed by atoms with Gasteiger partial charge in [0.2, 0.25) is 0 Å². The van der Waals surface area contributed by atoms with Crippen molar-refractivity contribution >= 4 is 11.7 Å². The molecule has 5 heteroatoms. The van der Waals surface area contributed by atoms with Crippen molar-refractivity contribution in [2.24, 2.45) is 0 Å². The smallest absolute Gasteiger partial charge is 0.252 e. The number of hydrogen-bond donors (Lipinski definition) is 1. The normalized spacial score (nSPS) is 19.6. The van der Waals surface area contributed by atoms with E-state index >= 15 is 0 Å². The molecule has 2 aromatic rings. The summed E-state index contributed by atoms with van der Waals surface area (Å²) < 4.78 is 5.36. The Labute approximate surface area is 173 Å². The molecule has 5 nitrogen and oxygen atoms in total. The highest BCUT2D eigenvalue weighted by atomic mass is 16.5. The fraction of sp³-hybridized carbons (Fsp3) is 0.417. The average molecular weight is 395 g/mol. The summed E-state index contributed by atoms with van der Waals surface area (Å²) >= 11 is 0. The number of rotatable bonds is 5. The van der Waals surface area contributed by atoms with Gasteiger partial charge in [0.1, 0.15) is 11.3 Å². The van der Waals surface area contributed by atoms with E-state index < -0.39 is 5.54 Å². The van der Waals surface area contributed by atoms with Crippen LogP contribution in [0, 0.1) is 20.8 Å². The van der Waals surface area contributed by atoms with Gasteiger partial charge in [0.25, 0.3) is 5.91 Å². The molecule has 1 saturated heterocycles. The Kier molecular flexibility index (Phi) is 6.08. The fourth-order valence-electron chi connectivity index (χ4n) is 4.36. The van der Waals surface area contributed by atoms with E-state index in [0.717, 1.165) is 29.7 Å². The van der Waals surface area contributed by atoms with Gasteiger partial charge in [-0.15, -0.1) is 0 Å². The molecule has 0 bridgehead atoms. The summed E-state index contributed by atoms with van der Waals surface area (Å²) in [4.78, 5) is 29.0. The third-order valence-corrected chi connectivity index (χ3v) is 5.70. The number of likely N-dealkylation sites (N-methyl/N-ethyl adjacent to an activating group) is 1.